The number of rotatable bonds is 5. The zero-order valence-corrected chi connectivity index (χ0v) is 9.93. The fourth-order valence-corrected chi connectivity index (χ4v) is 1.66. The van der Waals surface area contributed by atoms with Crippen LogP contribution in [-0.4, -0.2) is 23.3 Å². The molecule has 0 aliphatic heterocycles. The number of carboxylic acids is 1. The van der Waals surface area contributed by atoms with Gasteiger partial charge in [0.2, 0.25) is 0 Å². The summed E-state index contributed by atoms with van der Waals surface area (Å²) in [5.74, 6) is -0.361. The van der Waals surface area contributed by atoms with Crippen LogP contribution in [0.3, 0.4) is 0 Å². The molecule has 0 amide bonds. The number of benzene rings is 1. The second kappa shape index (κ2) is 5.54. The molecule has 0 saturated carbocycles. The molecule has 0 aromatic heterocycles. The van der Waals surface area contributed by atoms with Gasteiger partial charge in [0.25, 0.3) is 0 Å². The van der Waals surface area contributed by atoms with E-state index in [1.165, 1.54) is 7.11 Å². The van der Waals surface area contributed by atoms with Gasteiger partial charge in [-0.1, -0.05) is 6.07 Å². The summed E-state index contributed by atoms with van der Waals surface area (Å²) in [4.78, 5) is 10.5. The van der Waals surface area contributed by atoms with E-state index in [1.807, 2.05) is 0 Å². The summed E-state index contributed by atoms with van der Waals surface area (Å²) >= 11 is 0. The standard InChI is InChI=1S/C12H17NO4/c1-7-3-5-9(17-2)11(12(7)16)8(13)4-6-10(14)15/h3,5,8,16H,4,6,13H2,1-2H3,(H,14,15). The molecule has 0 bridgehead atoms. The number of ether oxygens (including phenoxy) is 1. The Kier molecular flexibility index (Phi) is 4.34. The van der Waals surface area contributed by atoms with Crippen LogP contribution in [0.25, 0.3) is 0 Å². The van der Waals surface area contributed by atoms with E-state index in [0.29, 0.717) is 16.9 Å². The Bertz CT molecular complexity index is 417. The van der Waals surface area contributed by atoms with E-state index in [2.05, 4.69) is 0 Å². The van der Waals surface area contributed by atoms with Gasteiger partial charge in [-0.25, -0.2) is 0 Å². The quantitative estimate of drug-likeness (QED) is 0.725. The Hall–Kier alpha value is -1.75. The number of nitrogens with two attached hydrogens (primary N) is 1. The third-order valence-corrected chi connectivity index (χ3v) is 2.64. The number of methoxy groups -OCH3 is 1. The lowest BCUT2D eigenvalue weighted by molar-refractivity contribution is -0.137. The summed E-state index contributed by atoms with van der Waals surface area (Å²) < 4.78 is 5.12. The first kappa shape index (κ1) is 13.3. The van der Waals surface area contributed by atoms with E-state index in [1.54, 1.807) is 19.1 Å². The van der Waals surface area contributed by atoms with Gasteiger partial charge in [-0.3, -0.25) is 4.79 Å². The van der Waals surface area contributed by atoms with Gasteiger partial charge in [-0.2, -0.15) is 0 Å². The van der Waals surface area contributed by atoms with Gasteiger partial charge in [0.05, 0.1) is 12.7 Å². The van der Waals surface area contributed by atoms with Crippen LogP contribution in [0.2, 0.25) is 0 Å². The maximum absolute atomic E-state index is 10.5. The molecule has 5 nitrogen and oxygen atoms in total. The van der Waals surface area contributed by atoms with Crippen LogP contribution in [0.4, 0.5) is 0 Å². The Morgan fingerprint density at radius 2 is 2.18 bits per heavy atom. The number of carbonyl (C=O) groups is 1. The second-order valence-electron chi connectivity index (χ2n) is 3.89. The summed E-state index contributed by atoms with van der Waals surface area (Å²) in [5.41, 5.74) is 7.04. The van der Waals surface area contributed by atoms with E-state index in [9.17, 15) is 9.90 Å². The average Bonchev–Trinajstić information content (AvgIpc) is 2.29. The summed E-state index contributed by atoms with van der Waals surface area (Å²) in [6, 6.07) is 2.88. The number of phenols is 1. The topological polar surface area (TPSA) is 92.8 Å². The molecule has 94 valence electrons. The third kappa shape index (κ3) is 3.10. The lowest BCUT2D eigenvalue weighted by Crippen LogP contribution is -2.14. The number of carboxylic acid groups (broad SMARTS) is 1. The zero-order valence-electron chi connectivity index (χ0n) is 9.93. The van der Waals surface area contributed by atoms with Gasteiger partial charge in [0.1, 0.15) is 11.5 Å². The normalized spacial score (nSPS) is 12.2. The van der Waals surface area contributed by atoms with Crippen molar-refractivity contribution in [3.63, 3.8) is 0 Å². The van der Waals surface area contributed by atoms with Crippen molar-refractivity contribution in [2.75, 3.05) is 7.11 Å². The molecular formula is C12H17NO4. The maximum atomic E-state index is 10.5. The number of aliphatic carboxylic acids is 1. The van der Waals surface area contributed by atoms with Gasteiger partial charge < -0.3 is 20.7 Å². The minimum atomic E-state index is -0.911. The Labute approximate surface area is 99.8 Å². The predicted octanol–water partition coefficient (Wildman–Crippen LogP) is 1.57. The van der Waals surface area contributed by atoms with Gasteiger partial charge >= 0.3 is 5.97 Å². The van der Waals surface area contributed by atoms with Gasteiger partial charge in [0, 0.05) is 12.5 Å². The fourth-order valence-electron chi connectivity index (χ4n) is 1.66. The zero-order chi connectivity index (χ0) is 13.0. The van der Waals surface area contributed by atoms with Gasteiger partial charge in [-0.15, -0.1) is 0 Å². The SMILES string of the molecule is COc1ccc(C)c(O)c1C(N)CCC(=O)O. The average molecular weight is 239 g/mol. The molecule has 4 N–H and O–H groups in total. The van der Waals surface area contributed by atoms with Crippen molar-refractivity contribution >= 4 is 5.97 Å². The summed E-state index contributed by atoms with van der Waals surface area (Å²) in [7, 11) is 1.48. The monoisotopic (exact) mass is 239 g/mol. The largest absolute Gasteiger partial charge is 0.507 e. The number of hydrogen-bond donors (Lipinski definition) is 3. The van der Waals surface area contributed by atoms with Crippen LogP contribution >= 0.6 is 0 Å². The molecule has 0 aliphatic rings. The van der Waals surface area contributed by atoms with E-state index in [-0.39, 0.29) is 18.6 Å². The maximum Gasteiger partial charge on any atom is 0.303 e. The van der Waals surface area contributed by atoms with Crippen LogP contribution in [0.1, 0.15) is 30.0 Å². The van der Waals surface area contributed by atoms with Crippen molar-refractivity contribution in [3.8, 4) is 11.5 Å². The Morgan fingerprint density at radius 3 is 2.71 bits per heavy atom. The van der Waals surface area contributed by atoms with Crippen LogP contribution in [0, 0.1) is 6.92 Å². The van der Waals surface area contributed by atoms with E-state index in [0.717, 1.165) is 0 Å². The molecule has 0 radical (unpaired) electrons. The number of phenolic OH excluding ortho intramolecular Hbond substituents is 1. The Balaban J connectivity index is 3.01. The summed E-state index contributed by atoms with van der Waals surface area (Å²) in [6.07, 6.45) is 0.209. The Morgan fingerprint density at radius 1 is 1.53 bits per heavy atom. The molecule has 1 rings (SSSR count). The highest BCUT2D eigenvalue weighted by Crippen LogP contribution is 2.36. The lowest BCUT2D eigenvalue weighted by Gasteiger charge is -2.17. The molecule has 17 heavy (non-hydrogen) atoms. The van der Waals surface area contributed by atoms with Crippen molar-refractivity contribution in [1.82, 2.24) is 0 Å². The summed E-state index contributed by atoms with van der Waals surface area (Å²) in [6.45, 7) is 1.75. The van der Waals surface area contributed by atoms with Crippen LogP contribution in [-0.2, 0) is 4.79 Å². The molecule has 1 atom stereocenters. The molecule has 0 aliphatic carbocycles. The molecule has 0 spiro atoms. The predicted molar refractivity (Wildman–Crippen MR) is 63.2 cm³/mol. The van der Waals surface area contributed by atoms with Crippen molar-refractivity contribution < 1.29 is 19.7 Å². The molecular weight excluding hydrogens is 222 g/mol. The van der Waals surface area contributed by atoms with Crippen molar-refractivity contribution in [3.05, 3.63) is 23.3 Å². The fraction of sp³-hybridized carbons (Fsp3) is 0.417. The minimum absolute atomic E-state index is 0.0439. The van der Waals surface area contributed by atoms with Gasteiger partial charge in [-0.05, 0) is 25.0 Å². The lowest BCUT2D eigenvalue weighted by atomic mass is 9.98. The van der Waals surface area contributed by atoms with Crippen LogP contribution in [0.15, 0.2) is 12.1 Å². The van der Waals surface area contributed by atoms with Crippen LogP contribution < -0.4 is 10.5 Å². The highest BCUT2D eigenvalue weighted by Gasteiger charge is 2.19. The number of aryl methyl sites for hydroxylation is 1. The molecule has 1 aromatic rings. The molecule has 0 heterocycles. The molecule has 5 heteroatoms. The smallest absolute Gasteiger partial charge is 0.303 e. The second-order valence-corrected chi connectivity index (χ2v) is 3.89. The first-order chi connectivity index (χ1) is 7.97. The number of aromatic hydroxyl groups is 1. The highest BCUT2D eigenvalue weighted by molar-refractivity contribution is 5.66. The van der Waals surface area contributed by atoms with E-state index < -0.39 is 12.0 Å². The number of hydrogen-bond acceptors (Lipinski definition) is 4. The van der Waals surface area contributed by atoms with Crippen LogP contribution in [0.5, 0.6) is 11.5 Å². The summed E-state index contributed by atoms with van der Waals surface area (Å²) in [5, 5.41) is 18.5. The third-order valence-electron chi connectivity index (χ3n) is 2.64. The first-order valence-corrected chi connectivity index (χ1v) is 5.31. The molecule has 1 aromatic carbocycles. The molecule has 0 saturated heterocycles. The minimum Gasteiger partial charge on any atom is -0.507 e. The van der Waals surface area contributed by atoms with Crippen molar-refractivity contribution in [2.24, 2.45) is 5.73 Å². The van der Waals surface area contributed by atoms with Crippen molar-refractivity contribution in [2.45, 2.75) is 25.8 Å². The highest BCUT2D eigenvalue weighted by atomic mass is 16.5. The molecule has 0 fully saturated rings. The van der Waals surface area contributed by atoms with E-state index in [4.69, 9.17) is 15.6 Å². The van der Waals surface area contributed by atoms with Crippen molar-refractivity contribution in [1.29, 1.82) is 0 Å². The first-order valence-electron chi connectivity index (χ1n) is 5.31. The molecule has 1 unspecified atom stereocenters. The van der Waals surface area contributed by atoms with E-state index >= 15 is 0 Å². The van der Waals surface area contributed by atoms with Gasteiger partial charge in [0.15, 0.2) is 0 Å².